The predicted octanol–water partition coefficient (Wildman–Crippen LogP) is -2.61. The Bertz CT molecular complexity index is 1300. The highest BCUT2D eigenvalue weighted by Crippen LogP contribution is 2.31. The van der Waals surface area contributed by atoms with E-state index in [1.54, 1.807) is 19.1 Å². The zero-order chi connectivity index (χ0) is 30.0. The van der Waals surface area contributed by atoms with Gasteiger partial charge in [0.1, 0.15) is 60.0 Å². The molecule has 2 fully saturated rings. The molecule has 1 aromatic carbocycles. The number of fused-ring (bicyclic) bond motifs is 1. The van der Waals surface area contributed by atoms with Gasteiger partial charge in [-0.2, -0.15) is 0 Å². The van der Waals surface area contributed by atoms with Crippen LogP contribution in [-0.4, -0.2) is 112 Å². The van der Waals surface area contributed by atoms with Crippen LogP contribution in [0.4, 0.5) is 0 Å². The van der Waals surface area contributed by atoms with Crippen molar-refractivity contribution < 1.29 is 58.5 Å². The monoisotopic (exact) mass is 582 g/mol. The number of carbonyl (C=O) groups excluding carboxylic acids is 2. The van der Waals surface area contributed by atoms with Crippen LogP contribution in [0.5, 0.6) is 5.75 Å². The van der Waals surface area contributed by atoms with Gasteiger partial charge in [0.2, 0.25) is 18.1 Å². The third kappa shape index (κ3) is 6.68. The Morgan fingerprint density at radius 2 is 1.49 bits per heavy atom. The molecule has 3 heterocycles. The molecule has 1 aromatic heterocycles. The molecule has 2 aliphatic heterocycles. The van der Waals surface area contributed by atoms with Crippen molar-refractivity contribution >= 4 is 22.8 Å². The van der Waals surface area contributed by atoms with Gasteiger partial charge in [-0.15, -0.1) is 0 Å². The molecule has 2 saturated heterocycles. The Hall–Kier alpha value is -3.15. The van der Waals surface area contributed by atoms with E-state index in [9.17, 15) is 39.9 Å². The number of nitrogens with one attached hydrogen (secondary N) is 2. The number of aliphatic hydroxyl groups excluding tert-OH is 5. The smallest absolute Gasteiger partial charge is 0.336 e. The van der Waals surface area contributed by atoms with Gasteiger partial charge in [-0.25, -0.2) is 4.79 Å². The topological polar surface area (TPSA) is 226 Å². The number of benzene rings is 1. The molecule has 0 saturated carbocycles. The number of aliphatic hydroxyl groups is 5. The molecule has 7 N–H and O–H groups in total. The molecule has 10 unspecified atom stereocenters. The molecule has 2 aromatic rings. The molecule has 10 atom stereocenters. The highest BCUT2D eigenvalue weighted by atomic mass is 16.7. The molecule has 0 spiro atoms. The van der Waals surface area contributed by atoms with Gasteiger partial charge < -0.3 is 59.5 Å². The molecule has 4 rings (SSSR count). The first-order valence-corrected chi connectivity index (χ1v) is 12.9. The summed E-state index contributed by atoms with van der Waals surface area (Å²) in [5, 5.41) is 57.5. The molecular formula is C26H34N2O13. The first-order valence-electron chi connectivity index (χ1n) is 12.9. The Morgan fingerprint density at radius 3 is 2.10 bits per heavy atom. The first kappa shape index (κ1) is 30.8. The van der Waals surface area contributed by atoms with E-state index < -0.39 is 91.9 Å². The van der Waals surface area contributed by atoms with Crippen LogP contribution < -0.4 is 21.0 Å². The van der Waals surface area contributed by atoms with Gasteiger partial charge in [-0.1, -0.05) is 0 Å². The molecule has 15 heteroatoms. The number of hydrogen-bond acceptors (Lipinski definition) is 13. The average molecular weight is 583 g/mol. The lowest BCUT2D eigenvalue weighted by atomic mass is 9.94. The number of carbonyl (C=O) groups is 2. The molecule has 15 nitrogen and oxygen atoms in total. The number of hydrogen-bond donors (Lipinski definition) is 7. The van der Waals surface area contributed by atoms with Crippen LogP contribution in [0.15, 0.2) is 33.5 Å². The summed E-state index contributed by atoms with van der Waals surface area (Å²) in [4.78, 5) is 35.7. The number of ether oxygens (including phenoxy) is 4. The SMILES string of the molecule is CC(=O)NC1C(OC2C(CO)OC(Oc3ccc4c(C)cc(=O)oc4c3)C(NC(C)=O)C2O)OC(CO)C(O)C1O. The summed E-state index contributed by atoms with van der Waals surface area (Å²) < 4.78 is 28.5. The van der Waals surface area contributed by atoms with Gasteiger partial charge >= 0.3 is 5.63 Å². The number of aryl methyl sites for hydroxylation is 1. The van der Waals surface area contributed by atoms with Gasteiger partial charge in [0.05, 0.1) is 13.2 Å². The van der Waals surface area contributed by atoms with E-state index in [1.807, 2.05) is 0 Å². The van der Waals surface area contributed by atoms with E-state index >= 15 is 0 Å². The summed E-state index contributed by atoms with van der Waals surface area (Å²) in [6.45, 7) is 2.71. The van der Waals surface area contributed by atoms with Crippen LogP contribution >= 0.6 is 0 Å². The van der Waals surface area contributed by atoms with E-state index in [2.05, 4.69) is 10.6 Å². The lowest BCUT2D eigenvalue weighted by Gasteiger charge is -2.48. The van der Waals surface area contributed by atoms with Crippen LogP contribution in [-0.2, 0) is 23.8 Å². The predicted molar refractivity (Wildman–Crippen MR) is 137 cm³/mol. The summed E-state index contributed by atoms with van der Waals surface area (Å²) in [6.07, 6.45) is -11.7. The molecule has 0 radical (unpaired) electrons. The molecule has 0 bridgehead atoms. The second-order valence-electron chi connectivity index (χ2n) is 10.0. The Labute approximate surface area is 233 Å². The summed E-state index contributed by atoms with van der Waals surface area (Å²) in [6, 6.07) is 3.41. The van der Waals surface area contributed by atoms with Crippen molar-refractivity contribution in [1.29, 1.82) is 0 Å². The van der Waals surface area contributed by atoms with Crippen LogP contribution in [0.3, 0.4) is 0 Å². The van der Waals surface area contributed by atoms with Crippen molar-refractivity contribution in [3.63, 3.8) is 0 Å². The van der Waals surface area contributed by atoms with Gasteiger partial charge in [0, 0.05) is 31.4 Å². The summed E-state index contributed by atoms with van der Waals surface area (Å²) in [5.41, 5.74) is 0.362. The minimum Gasteiger partial charge on any atom is -0.462 e. The van der Waals surface area contributed by atoms with E-state index in [4.69, 9.17) is 23.4 Å². The van der Waals surface area contributed by atoms with Gasteiger partial charge in [0.15, 0.2) is 6.29 Å². The standard InChI is InChI=1S/C26H34N2O13/c1-10-6-18(33)38-15-7-13(4-5-14(10)15)37-25-20(28-12(3)32)23(36)24(17(9-30)40-25)41-26-19(27-11(2)31)22(35)21(34)16(8-29)39-26/h4-7,16-17,19-26,29-30,34-36H,8-9H2,1-3H3,(H,27,31)(H,28,32). The van der Waals surface area contributed by atoms with Crippen molar-refractivity contribution in [2.45, 2.75) is 82.1 Å². The van der Waals surface area contributed by atoms with E-state index in [1.165, 1.54) is 19.1 Å². The fourth-order valence-corrected chi connectivity index (χ4v) is 4.98. The Kier molecular flexibility index (Phi) is 9.61. The van der Waals surface area contributed by atoms with E-state index in [0.29, 0.717) is 10.9 Å². The molecule has 226 valence electrons. The second-order valence-corrected chi connectivity index (χ2v) is 10.0. The van der Waals surface area contributed by atoms with Crippen LogP contribution in [0.2, 0.25) is 0 Å². The lowest BCUT2D eigenvalue weighted by Crippen LogP contribution is -2.69. The summed E-state index contributed by atoms with van der Waals surface area (Å²) in [7, 11) is 0. The van der Waals surface area contributed by atoms with Crippen LogP contribution in [0.25, 0.3) is 11.0 Å². The third-order valence-electron chi connectivity index (χ3n) is 6.94. The van der Waals surface area contributed by atoms with Crippen molar-refractivity contribution in [2.24, 2.45) is 0 Å². The van der Waals surface area contributed by atoms with E-state index in [0.717, 1.165) is 6.92 Å². The minimum atomic E-state index is -1.62. The first-order chi connectivity index (χ1) is 19.4. The van der Waals surface area contributed by atoms with Crippen LogP contribution in [0, 0.1) is 6.92 Å². The minimum absolute atomic E-state index is 0.166. The normalized spacial score (nSPS) is 33.8. The maximum absolute atomic E-state index is 12.1. The highest BCUT2D eigenvalue weighted by molar-refractivity contribution is 5.81. The van der Waals surface area contributed by atoms with Gasteiger partial charge in [-0.05, 0) is 24.6 Å². The third-order valence-corrected chi connectivity index (χ3v) is 6.94. The van der Waals surface area contributed by atoms with E-state index in [-0.39, 0.29) is 11.3 Å². The van der Waals surface area contributed by atoms with Crippen molar-refractivity contribution in [3.8, 4) is 5.75 Å². The van der Waals surface area contributed by atoms with Crippen molar-refractivity contribution in [2.75, 3.05) is 13.2 Å². The number of amides is 2. The maximum atomic E-state index is 12.1. The molecule has 0 aliphatic carbocycles. The average Bonchev–Trinajstić information content (AvgIpc) is 2.90. The molecule has 41 heavy (non-hydrogen) atoms. The zero-order valence-electron chi connectivity index (χ0n) is 22.5. The largest absolute Gasteiger partial charge is 0.462 e. The van der Waals surface area contributed by atoms with Crippen molar-refractivity contribution in [3.05, 3.63) is 40.2 Å². The number of rotatable bonds is 8. The fourth-order valence-electron chi connectivity index (χ4n) is 4.98. The Morgan fingerprint density at radius 1 is 0.878 bits per heavy atom. The van der Waals surface area contributed by atoms with Crippen LogP contribution in [0.1, 0.15) is 19.4 Å². The highest BCUT2D eigenvalue weighted by Gasteiger charge is 2.52. The molecular weight excluding hydrogens is 548 g/mol. The Balaban J connectivity index is 1.61. The quantitative estimate of drug-likeness (QED) is 0.159. The second kappa shape index (κ2) is 12.8. The summed E-state index contributed by atoms with van der Waals surface area (Å²) >= 11 is 0. The molecule has 2 amide bonds. The van der Waals surface area contributed by atoms with Gasteiger partial charge in [0.25, 0.3) is 0 Å². The van der Waals surface area contributed by atoms with Crippen molar-refractivity contribution in [1.82, 2.24) is 10.6 Å². The molecule has 2 aliphatic rings. The maximum Gasteiger partial charge on any atom is 0.336 e. The van der Waals surface area contributed by atoms with Gasteiger partial charge in [-0.3, -0.25) is 9.59 Å². The fraction of sp³-hybridized carbons (Fsp3) is 0.577. The zero-order valence-corrected chi connectivity index (χ0v) is 22.5. The lowest BCUT2D eigenvalue weighted by molar-refractivity contribution is -0.325. The summed E-state index contributed by atoms with van der Waals surface area (Å²) in [5.74, 6) is -0.985.